The number of rotatable bonds is 6. The molecule has 5 nitrogen and oxygen atoms in total. The van der Waals surface area contributed by atoms with Crippen molar-refractivity contribution < 1.29 is 14.4 Å². The van der Waals surface area contributed by atoms with Crippen molar-refractivity contribution >= 4 is 11.7 Å². The second kappa shape index (κ2) is 11.3. The second-order valence-electron chi connectivity index (χ2n) is 14.8. The van der Waals surface area contributed by atoms with E-state index < -0.39 is 0 Å². The predicted molar refractivity (Wildman–Crippen MR) is 164 cm³/mol. The molecule has 4 fully saturated rings. The maximum Gasteiger partial charge on any atom is 0.357 e. The highest BCUT2D eigenvalue weighted by atomic mass is 16.7. The zero-order valence-corrected chi connectivity index (χ0v) is 26.1. The molecule has 5 aliphatic rings. The van der Waals surface area contributed by atoms with E-state index in [1.165, 1.54) is 32.1 Å². The molecule has 0 amide bonds. The van der Waals surface area contributed by atoms with Gasteiger partial charge in [-0.3, -0.25) is 0 Å². The summed E-state index contributed by atoms with van der Waals surface area (Å²) >= 11 is 0. The monoisotopic (exact) mass is 560 g/mol. The quantitative estimate of drug-likeness (QED) is 0.281. The predicted octanol–water partition coefficient (Wildman–Crippen LogP) is 8.25. The molecule has 1 saturated heterocycles. The van der Waals surface area contributed by atoms with Crippen molar-refractivity contribution in [3.8, 4) is 0 Å². The minimum atomic E-state index is -0.274. The number of fused-ring (bicyclic) bond motifs is 5. The largest absolute Gasteiger partial charge is 0.373 e. The molecule has 0 radical (unpaired) electrons. The third-order valence-corrected chi connectivity index (χ3v) is 12.7. The van der Waals surface area contributed by atoms with Gasteiger partial charge in [0.15, 0.2) is 0 Å². The van der Waals surface area contributed by atoms with Gasteiger partial charge in [-0.05, 0) is 112 Å². The normalized spacial score (nSPS) is 39.3. The van der Waals surface area contributed by atoms with Crippen molar-refractivity contribution in [1.29, 1.82) is 5.41 Å². The van der Waals surface area contributed by atoms with Crippen LogP contribution >= 0.6 is 0 Å². The standard InChI is InChI=1S/C36H52N2O3/c1-6-23(2)21-38(41-34(39)26-10-8-7-9-11-26)33-22-40-36(25(33)4)17-15-29-30-13-12-27-18-28(37)14-16-35(27,5)32(30)19-31(29)24(3)20-36/h7-11,23,25,27,29-30,32-33,37H,6,12-22H2,1-5H3/t23-,25+,27+,29-,30-,32-,33+,35-,36-/m0/s1. The van der Waals surface area contributed by atoms with E-state index in [0.29, 0.717) is 35.3 Å². The van der Waals surface area contributed by atoms with Crippen LogP contribution in [0.3, 0.4) is 0 Å². The maximum absolute atomic E-state index is 13.1. The lowest BCUT2D eigenvalue weighted by Crippen LogP contribution is -2.47. The van der Waals surface area contributed by atoms with E-state index >= 15 is 0 Å². The lowest BCUT2D eigenvalue weighted by molar-refractivity contribution is -0.151. The van der Waals surface area contributed by atoms with E-state index in [4.69, 9.17) is 15.0 Å². The van der Waals surface area contributed by atoms with E-state index in [1.54, 1.807) is 11.1 Å². The second-order valence-corrected chi connectivity index (χ2v) is 14.8. The molecule has 224 valence electrons. The SMILES string of the molecule is CC[C@H](C)CN(OC(=O)c1ccccc1)[C@@H]1CO[C@]2(CC[C@@H]3C(=C(C)C2)C[C@H]2[C@H]3CC[C@@H]3CC(=N)CC[C@@]32C)[C@@H]1C. The zero-order chi connectivity index (χ0) is 28.9. The molecule has 1 heterocycles. The van der Waals surface area contributed by atoms with Crippen LogP contribution in [0.4, 0.5) is 0 Å². The maximum atomic E-state index is 13.1. The van der Waals surface area contributed by atoms with Gasteiger partial charge >= 0.3 is 5.97 Å². The van der Waals surface area contributed by atoms with Crippen molar-refractivity contribution in [2.45, 2.75) is 110 Å². The van der Waals surface area contributed by atoms with Gasteiger partial charge in [-0.1, -0.05) is 63.5 Å². The van der Waals surface area contributed by atoms with E-state index in [-0.39, 0.29) is 23.5 Å². The topological polar surface area (TPSA) is 62.6 Å². The summed E-state index contributed by atoms with van der Waals surface area (Å²) in [7, 11) is 0. The number of nitrogens with one attached hydrogen (secondary N) is 1. The van der Waals surface area contributed by atoms with Gasteiger partial charge in [-0.15, -0.1) is 5.06 Å². The first-order valence-corrected chi connectivity index (χ1v) is 16.6. The van der Waals surface area contributed by atoms with Crippen LogP contribution in [0.2, 0.25) is 0 Å². The van der Waals surface area contributed by atoms with Crippen LogP contribution in [0.5, 0.6) is 0 Å². The van der Waals surface area contributed by atoms with E-state index in [9.17, 15) is 4.79 Å². The lowest BCUT2D eigenvalue weighted by Gasteiger charge is -2.52. The van der Waals surface area contributed by atoms with Crippen molar-refractivity contribution in [2.75, 3.05) is 13.2 Å². The Balaban J connectivity index is 1.21. The fraction of sp³-hybridized carbons (Fsp3) is 0.722. The third kappa shape index (κ3) is 5.13. The summed E-state index contributed by atoms with van der Waals surface area (Å²) in [6, 6.07) is 9.43. The molecule has 3 saturated carbocycles. The summed E-state index contributed by atoms with van der Waals surface area (Å²) < 4.78 is 6.87. The van der Waals surface area contributed by atoms with Gasteiger partial charge in [0.1, 0.15) is 0 Å². The van der Waals surface area contributed by atoms with Gasteiger partial charge in [0, 0.05) is 18.2 Å². The number of carbonyl (C=O) groups is 1. The molecular formula is C36H52N2O3. The van der Waals surface area contributed by atoms with Crippen LogP contribution in [-0.2, 0) is 9.57 Å². The summed E-state index contributed by atoms with van der Waals surface area (Å²) in [6.07, 6.45) is 11.5. The van der Waals surface area contributed by atoms with E-state index in [1.807, 2.05) is 35.4 Å². The first kappa shape index (κ1) is 29.1. The van der Waals surface area contributed by atoms with E-state index in [0.717, 1.165) is 56.2 Å². The number of carbonyl (C=O) groups excluding carboxylic acids is 1. The number of nitrogens with zero attached hydrogens (tertiary/aromatic N) is 1. The van der Waals surface area contributed by atoms with Gasteiger partial charge < -0.3 is 15.0 Å². The van der Waals surface area contributed by atoms with Crippen molar-refractivity contribution in [1.82, 2.24) is 5.06 Å². The number of allylic oxidation sites excluding steroid dienone is 1. The molecule has 41 heavy (non-hydrogen) atoms. The van der Waals surface area contributed by atoms with Crippen LogP contribution in [0.25, 0.3) is 0 Å². The van der Waals surface area contributed by atoms with Crippen LogP contribution < -0.4 is 0 Å². The van der Waals surface area contributed by atoms with Gasteiger partial charge in [0.05, 0.1) is 23.8 Å². The molecule has 0 bridgehead atoms. The first-order valence-electron chi connectivity index (χ1n) is 16.6. The highest BCUT2D eigenvalue weighted by Gasteiger charge is 2.58. The Morgan fingerprint density at radius 1 is 1.17 bits per heavy atom. The number of hydroxylamine groups is 2. The molecule has 0 aromatic heterocycles. The van der Waals surface area contributed by atoms with E-state index in [2.05, 4.69) is 34.6 Å². The average Bonchev–Trinajstić information content (AvgIpc) is 3.46. The zero-order valence-electron chi connectivity index (χ0n) is 26.1. The van der Waals surface area contributed by atoms with Gasteiger partial charge in [-0.25, -0.2) is 4.79 Å². The summed E-state index contributed by atoms with van der Waals surface area (Å²) in [5.74, 6) is 3.42. The van der Waals surface area contributed by atoms with Gasteiger partial charge in [0.25, 0.3) is 0 Å². The van der Waals surface area contributed by atoms with Crippen LogP contribution in [0.1, 0.15) is 109 Å². The fourth-order valence-corrected chi connectivity index (χ4v) is 9.84. The Labute approximate surface area is 247 Å². The van der Waals surface area contributed by atoms with Crippen molar-refractivity contribution in [2.24, 2.45) is 40.9 Å². The molecular weight excluding hydrogens is 508 g/mol. The molecule has 1 aromatic rings. The molecule has 1 aliphatic heterocycles. The highest BCUT2D eigenvalue weighted by molar-refractivity contribution is 5.89. The third-order valence-electron chi connectivity index (χ3n) is 12.7. The number of benzene rings is 1. The number of hydrogen-bond acceptors (Lipinski definition) is 5. The Hall–Kier alpha value is -1.98. The number of hydrogen-bond donors (Lipinski definition) is 1. The minimum Gasteiger partial charge on any atom is -0.373 e. The average molecular weight is 561 g/mol. The molecule has 9 atom stereocenters. The Kier molecular flexibility index (Phi) is 8.00. The molecule has 1 spiro atoms. The van der Waals surface area contributed by atoms with Crippen molar-refractivity contribution in [3.05, 3.63) is 47.0 Å². The Morgan fingerprint density at radius 2 is 1.95 bits per heavy atom. The smallest absolute Gasteiger partial charge is 0.357 e. The summed E-state index contributed by atoms with van der Waals surface area (Å²) in [5, 5.41) is 10.3. The Bertz CT molecular complexity index is 1180. The molecule has 1 aromatic carbocycles. The Morgan fingerprint density at radius 3 is 2.71 bits per heavy atom. The molecule has 0 unspecified atom stereocenters. The molecule has 5 heteroatoms. The van der Waals surface area contributed by atoms with Crippen LogP contribution in [0, 0.1) is 46.3 Å². The van der Waals surface area contributed by atoms with Crippen LogP contribution in [0.15, 0.2) is 41.5 Å². The van der Waals surface area contributed by atoms with Crippen molar-refractivity contribution in [3.63, 3.8) is 0 Å². The first-order chi connectivity index (χ1) is 19.6. The summed E-state index contributed by atoms with van der Waals surface area (Å²) in [4.78, 5) is 19.3. The summed E-state index contributed by atoms with van der Waals surface area (Å²) in [6.45, 7) is 13.1. The van der Waals surface area contributed by atoms with Crippen LogP contribution in [-0.4, -0.2) is 41.5 Å². The number of ether oxygens (including phenoxy) is 1. The molecule has 1 N–H and O–H groups in total. The van der Waals surface area contributed by atoms with Gasteiger partial charge in [-0.2, -0.15) is 0 Å². The minimum absolute atomic E-state index is 0.0621. The summed E-state index contributed by atoms with van der Waals surface area (Å²) in [5.41, 5.74) is 5.15. The fourth-order valence-electron chi connectivity index (χ4n) is 9.84. The highest BCUT2D eigenvalue weighted by Crippen LogP contribution is 2.64. The van der Waals surface area contributed by atoms with Gasteiger partial charge in [0.2, 0.25) is 0 Å². The lowest BCUT2D eigenvalue weighted by atomic mass is 9.52. The molecule has 4 aliphatic carbocycles. The molecule has 6 rings (SSSR count).